The number of hydrogen-bond donors (Lipinski definition) is 0. The Bertz CT molecular complexity index is 368. The van der Waals surface area contributed by atoms with Gasteiger partial charge in [0.1, 0.15) is 5.75 Å². The number of aryl methyl sites for hydroxylation is 1. The standard InChI is InChI=1S/C18H28O2/c1-3-5-6-7-8-9-10-11-16-12-14-17(15-13-16)20-18(19)4-2/h12-15H,3-11H2,1-2H3. The third-order valence-corrected chi connectivity index (χ3v) is 3.51. The van der Waals surface area contributed by atoms with Crippen LogP contribution in [0.4, 0.5) is 0 Å². The molecule has 0 saturated heterocycles. The maximum atomic E-state index is 11.2. The topological polar surface area (TPSA) is 26.3 Å². The molecule has 1 rings (SSSR count). The number of rotatable bonds is 10. The minimum Gasteiger partial charge on any atom is -0.427 e. The summed E-state index contributed by atoms with van der Waals surface area (Å²) >= 11 is 0. The summed E-state index contributed by atoms with van der Waals surface area (Å²) in [7, 11) is 0. The van der Waals surface area contributed by atoms with Crippen LogP contribution in [0, 0.1) is 0 Å². The van der Waals surface area contributed by atoms with Crippen molar-refractivity contribution in [3.05, 3.63) is 29.8 Å². The Balaban J connectivity index is 2.16. The normalized spacial score (nSPS) is 10.5. The molecular formula is C18H28O2. The Labute approximate surface area is 123 Å². The molecule has 0 fully saturated rings. The van der Waals surface area contributed by atoms with Crippen LogP contribution < -0.4 is 4.74 Å². The zero-order valence-corrected chi connectivity index (χ0v) is 13.0. The predicted molar refractivity (Wildman–Crippen MR) is 84.1 cm³/mol. The lowest BCUT2D eigenvalue weighted by atomic mass is 10.0. The number of ether oxygens (including phenoxy) is 1. The van der Waals surface area contributed by atoms with Crippen molar-refractivity contribution >= 4 is 5.97 Å². The van der Waals surface area contributed by atoms with Gasteiger partial charge in [0.25, 0.3) is 0 Å². The molecule has 0 atom stereocenters. The van der Waals surface area contributed by atoms with Crippen LogP contribution in [0.2, 0.25) is 0 Å². The summed E-state index contributed by atoms with van der Waals surface area (Å²) in [5, 5.41) is 0. The SMILES string of the molecule is CCCCCCCCCc1ccc(OC(=O)CC)cc1. The van der Waals surface area contributed by atoms with Crippen molar-refractivity contribution in [2.24, 2.45) is 0 Å². The van der Waals surface area contributed by atoms with E-state index in [1.165, 1.54) is 50.5 Å². The largest absolute Gasteiger partial charge is 0.427 e. The maximum Gasteiger partial charge on any atom is 0.310 e. The van der Waals surface area contributed by atoms with Gasteiger partial charge >= 0.3 is 5.97 Å². The Kier molecular flexibility index (Phi) is 8.77. The fourth-order valence-corrected chi connectivity index (χ4v) is 2.21. The summed E-state index contributed by atoms with van der Waals surface area (Å²) < 4.78 is 5.16. The van der Waals surface area contributed by atoms with Gasteiger partial charge in [-0.05, 0) is 30.5 Å². The molecule has 2 heteroatoms. The van der Waals surface area contributed by atoms with Crippen LogP contribution in [0.1, 0.15) is 70.8 Å². The van der Waals surface area contributed by atoms with Crippen molar-refractivity contribution in [2.75, 3.05) is 0 Å². The summed E-state index contributed by atoms with van der Waals surface area (Å²) in [6.45, 7) is 4.05. The molecule has 0 aliphatic heterocycles. The van der Waals surface area contributed by atoms with Crippen molar-refractivity contribution in [1.82, 2.24) is 0 Å². The number of hydrogen-bond acceptors (Lipinski definition) is 2. The number of carbonyl (C=O) groups is 1. The van der Waals surface area contributed by atoms with Crippen LogP contribution in [0.25, 0.3) is 0 Å². The lowest BCUT2D eigenvalue weighted by Crippen LogP contribution is -2.05. The molecule has 0 amide bonds. The van der Waals surface area contributed by atoms with Gasteiger partial charge in [-0.2, -0.15) is 0 Å². The van der Waals surface area contributed by atoms with E-state index in [4.69, 9.17) is 4.74 Å². The molecular weight excluding hydrogens is 248 g/mol. The van der Waals surface area contributed by atoms with Crippen LogP contribution in [0.5, 0.6) is 5.75 Å². The van der Waals surface area contributed by atoms with Gasteiger partial charge in [0.05, 0.1) is 0 Å². The zero-order chi connectivity index (χ0) is 14.6. The summed E-state index contributed by atoms with van der Waals surface area (Å²) in [5.74, 6) is 0.477. The molecule has 0 unspecified atom stereocenters. The summed E-state index contributed by atoms with van der Waals surface area (Å²) in [5.41, 5.74) is 1.33. The molecule has 0 aliphatic rings. The second kappa shape index (κ2) is 10.5. The highest BCUT2D eigenvalue weighted by Crippen LogP contribution is 2.15. The fourth-order valence-electron chi connectivity index (χ4n) is 2.21. The first-order valence-corrected chi connectivity index (χ1v) is 8.06. The van der Waals surface area contributed by atoms with E-state index in [9.17, 15) is 4.79 Å². The minimum absolute atomic E-state index is 0.176. The molecule has 0 radical (unpaired) electrons. The van der Waals surface area contributed by atoms with E-state index in [1.807, 2.05) is 12.1 Å². The van der Waals surface area contributed by atoms with Crippen LogP contribution in [-0.4, -0.2) is 5.97 Å². The van der Waals surface area contributed by atoms with Crippen molar-refractivity contribution in [3.63, 3.8) is 0 Å². The van der Waals surface area contributed by atoms with Gasteiger partial charge in [0.15, 0.2) is 0 Å². The predicted octanol–water partition coefficient (Wildman–Crippen LogP) is 5.30. The highest BCUT2D eigenvalue weighted by Gasteiger charge is 2.01. The van der Waals surface area contributed by atoms with E-state index in [0.29, 0.717) is 12.2 Å². The number of benzene rings is 1. The lowest BCUT2D eigenvalue weighted by Gasteiger charge is -2.05. The van der Waals surface area contributed by atoms with Crippen molar-refractivity contribution in [2.45, 2.75) is 71.6 Å². The molecule has 0 aromatic heterocycles. The van der Waals surface area contributed by atoms with Gasteiger partial charge < -0.3 is 4.74 Å². The van der Waals surface area contributed by atoms with Crippen molar-refractivity contribution in [3.8, 4) is 5.75 Å². The van der Waals surface area contributed by atoms with Gasteiger partial charge in [-0.15, -0.1) is 0 Å². The second-order valence-electron chi connectivity index (χ2n) is 5.34. The highest BCUT2D eigenvalue weighted by atomic mass is 16.5. The third-order valence-electron chi connectivity index (χ3n) is 3.51. The average molecular weight is 276 g/mol. The van der Waals surface area contributed by atoms with Gasteiger partial charge in [-0.3, -0.25) is 4.79 Å². The molecule has 20 heavy (non-hydrogen) atoms. The maximum absolute atomic E-state index is 11.2. The molecule has 0 aliphatic carbocycles. The Morgan fingerprint density at radius 2 is 1.50 bits per heavy atom. The highest BCUT2D eigenvalue weighted by molar-refractivity contribution is 5.71. The van der Waals surface area contributed by atoms with Gasteiger partial charge in [-0.1, -0.05) is 64.5 Å². The van der Waals surface area contributed by atoms with Crippen LogP contribution in [0.3, 0.4) is 0 Å². The number of unbranched alkanes of at least 4 members (excludes halogenated alkanes) is 6. The van der Waals surface area contributed by atoms with E-state index in [1.54, 1.807) is 6.92 Å². The quantitative estimate of drug-likeness (QED) is 0.329. The minimum atomic E-state index is -0.176. The fraction of sp³-hybridized carbons (Fsp3) is 0.611. The first-order chi connectivity index (χ1) is 9.76. The van der Waals surface area contributed by atoms with E-state index < -0.39 is 0 Å². The van der Waals surface area contributed by atoms with E-state index >= 15 is 0 Å². The van der Waals surface area contributed by atoms with Gasteiger partial charge in [0, 0.05) is 6.42 Å². The smallest absolute Gasteiger partial charge is 0.310 e. The van der Waals surface area contributed by atoms with E-state index in [2.05, 4.69) is 19.1 Å². The third kappa shape index (κ3) is 7.32. The number of esters is 1. The summed E-state index contributed by atoms with van der Waals surface area (Å²) in [4.78, 5) is 11.2. The molecule has 112 valence electrons. The van der Waals surface area contributed by atoms with E-state index in [-0.39, 0.29) is 5.97 Å². The van der Waals surface area contributed by atoms with Gasteiger partial charge in [0.2, 0.25) is 0 Å². The summed E-state index contributed by atoms with van der Waals surface area (Å²) in [6.07, 6.45) is 10.9. The number of carbonyl (C=O) groups excluding carboxylic acids is 1. The first kappa shape index (κ1) is 16.7. The molecule has 0 N–H and O–H groups in total. The van der Waals surface area contributed by atoms with Gasteiger partial charge in [-0.25, -0.2) is 0 Å². The van der Waals surface area contributed by atoms with Crippen molar-refractivity contribution in [1.29, 1.82) is 0 Å². The molecule has 1 aromatic carbocycles. The Morgan fingerprint density at radius 1 is 0.900 bits per heavy atom. The van der Waals surface area contributed by atoms with E-state index in [0.717, 1.165) is 6.42 Å². The second-order valence-corrected chi connectivity index (χ2v) is 5.34. The average Bonchev–Trinajstić information content (AvgIpc) is 2.48. The molecule has 0 bridgehead atoms. The zero-order valence-electron chi connectivity index (χ0n) is 13.0. The van der Waals surface area contributed by atoms with Crippen molar-refractivity contribution < 1.29 is 9.53 Å². The monoisotopic (exact) mass is 276 g/mol. The van der Waals surface area contributed by atoms with Crippen LogP contribution >= 0.6 is 0 Å². The first-order valence-electron chi connectivity index (χ1n) is 8.06. The lowest BCUT2D eigenvalue weighted by molar-refractivity contribution is -0.134. The molecule has 0 heterocycles. The molecule has 0 spiro atoms. The Morgan fingerprint density at radius 3 is 2.10 bits per heavy atom. The Hall–Kier alpha value is -1.31. The van der Waals surface area contributed by atoms with Crippen LogP contribution in [0.15, 0.2) is 24.3 Å². The molecule has 0 saturated carbocycles. The summed E-state index contributed by atoms with van der Waals surface area (Å²) in [6, 6.07) is 7.92. The molecule has 1 aromatic rings. The van der Waals surface area contributed by atoms with Crippen LogP contribution in [-0.2, 0) is 11.2 Å². The molecule has 2 nitrogen and oxygen atoms in total.